The molecule has 0 aliphatic carbocycles. The summed E-state index contributed by atoms with van der Waals surface area (Å²) in [5.74, 6) is -0.354. The molecule has 19 heavy (non-hydrogen) atoms. The molecule has 0 bridgehead atoms. The summed E-state index contributed by atoms with van der Waals surface area (Å²) >= 11 is 0. The number of aliphatic carboxylic acids is 1. The van der Waals surface area contributed by atoms with Gasteiger partial charge in [-0.3, -0.25) is 9.00 Å². The first-order valence-corrected chi connectivity index (χ1v) is 8.14. The van der Waals surface area contributed by atoms with Gasteiger partial charge in [-0.05, 0) is 19.3 Å². The maximum Gasteiger partial charge on any atom is 0.315 e. The van der Waals surface area contributed by atoms with Crippen molar-refractivity contribution < 1.29 is 18.9 Å². The lowest BCUT2D eigenvalue weighted by atomic mass is 10.0. The highest BCUT2D eigenvalue weighted by molar-refractivity contribution is 7.84. The second-order valence-corrected chi connectivity index (χ2v) is 6.25. The van der Waals surface area contributed by atoms with Crippen LogP contribution in [0.4, 0.5) is 4.79 Å². The zero-order chi connectivity index (χ0) is 14.8. The molecular formula is C12H24N2O4S. The Hall–Kier alpha value is -1.11. The highest BCUT2D eigenvalue weighted by Crippen LogP contribution is 2.06. The van der Waals surface area contributed by atoms with Gasteiger partial charge in [0.15, 0.2) is 0 Å². The first kappa shape index (κ1) is 17.9. The van der Waals surface area contributed by atoms with Gasteiger partial charge in [0.2, 0.25) is 0 Å². The van der Waals surface area contributed by atoms with E-state index in [9.17, 15) is 13.8 Å². The number of carbonyl (C=O) groups is 2. The van der Waals surface area contributed by atoms with Gasteiger partial charge in [0, 0.05) is 41.8 Å². The lowest BCUT2D eigenvalue weighted by Gasteiger charge is -2.17. The van der Waals surface area contributed by atoms with E-state index in [4.69, 9.17) is 5.11 Å². The number of hydrogen-bond donors (Lipinski definition) is 3. The van der Waals surface area contributed by atoms with Crippen molar-refractivity contribution in [3.8, 4) is 0 Å². The van der Waals surface area contributed by atoms with Crippen LogP contribution in [0.25, 0.3) is 0 Å². The van der Waals surface area contributed by atoms with Crippen LogP contribution >= 0.6 is 0 Å². The Balaban J connectivity index is 3.90. The van der Waals surface area contributed by atoms with E-state index < -0.39 is 16.8 Å². The van der Waals surface area contributed by atoms with Crippen LogP contribution in [0.2, 0.25) is 0 Å². The molecule has 0 saturated carbocycles. The van der Waals surface area contributed by atoms with E-state index in [2.05, 4.69) is 10.6 Å². The molecule has 0 fully saturated rings. The maximum atomic E-state index is 11.6. The van der Waals surface area contributed by atoms with Gasteiger partial charge in [0.1, 0.15) is 0 Å². The van der Waals surface area contributed by atoms with E-state index in [1.54, 1.807) is 6.26 Å². The molecule has 0 aromatic rings. The fourth-order valence-electron chi connectivity index (χ4n) is 1.53. The summed E-state index contributed by atoms with van der Waals surface area (Å²) in [4.78, 5) is 22.1. The van der Waals surface area contributed by atoms with Gasteiger partial charge >= 0.3 is 12.0 Å². The van der Waals surface area contributed by atoms with Crippen LogP contribution < -0.4 is 10.6 Å². The van der Waals surface area contributed by atoms with E-state index in [-0.39, 0.29) is 24.4 Å². The Morgan fingerprint density at radius 3 is 2.47 bits per heavy atom. The molecule has 2 amide bonds. The third-order valence-electron chi connectivity index (χ3n) is 2.81. The molecule has 3 unspecified atom stereocenters. The molecule has 0 aromatic carbocycles. The van der Waals surface area contributed by atoms with E-state index in [1.807, 2.05) is 13.8 Å². The summed E-state index contributed by atoms with van der Waals surface area (Å²) in [5.41, 5.74) is 0. The van der Waals surface area contributed by atoms with Gasteiger partial charge in [-0.2, -0.15) is 0 Å². The van der Waals surface area contributed by atoms with Crippen LogP contribution in [0.3, 0.4) is 0 Å². The fourth-order valence-corrected chi connectivity index (χ4v) is 2.22. The van der Waals surface area contributed by atoms with Gasteiger partial charge in [-0.25, -0.2) is 4.79 Å². The fraction of sp³-hybridized carbons (Fsp3) is 0.833. The second kappa shape index (κ2) is 9.77. The minimum Gasteiger partial charge on any atom is -0.481 e. The largest absolute Gasteiger partial charge is 0.481 e. The van der Waals surface area contributed by atoms with Gasteiger partial charge in [-0.15, -0.1) is 0 Å². The van der Waals surface area contributed by atoms with Crippen molar-refractivity contribution >= 4 is 22.8 Å². The average molecular weight is 292 g/mol. The number of rotatable bonds is 9. The quantitative estimate of drug-likeness (QED) is 0.589. The number of nitrogens with one attached hydrogen (secondary N) is 2. The second-order valence-electron chi connectivity index (χ2n) is 4.69. The van der Waals surface area contributed by atoms with Crippen molar-refractivity contribution in [1.29, 1.82) is 0 Å². The minimum atomic E-state index is -0.857. The predicted molar refractivity (Wildman–Crippen MR) is 75.6 cm³/mol. The Labute approximate surface area is 116 Å². The molecule has 0 heterocycles. The Morgan fingerprint density at radius 1 is 1.37 bits per heavy atom. The highest BCUT2D eigenvalue weighted by atomic mass is 32.2. The monoisotopic (exact) mass is 292 g/mol. The third kappa shape index (κ3) is 10.5. The topological polar surface area (TPSA) is 95.5 Å². The van der Waals surface area contributed by atoms with E-state index in [0.29, 0.717) is 25.1 Å². The number of carbonyl (C=O) groups excluding carboxylic acids is 1. The predicted octanol–water partition coefficient (Wildman–Crippen LogP) is 0.944. The maximum absolute atomic E-state index is 11.6. The van der Waals surface area contributed by atoms with Gasteiger partial charge < -0.3 is 15.7 Å². The van der Waals surface area contributed by atoms with Crippen molar-refractivity contribution in [2.45, 2.75) is 39.2 Å². The number of urea groups is 1. The van der Waals surface area contributed by atoms with Crippen LogP contribution in [0.1, 0.15) is 33.1 Å². The lowest BCUT2D eigenvalue weighted by molar-refractivity contribution is -0.138. The summed E-state index contributed by atoms with van der Waals surface area (Å²) in [5, 5.41) is 14.1. The molecule has 3 N–H and O–H groups in total. The van der Waals surface area contributed by atoms with Crippen molar-refractivity contribution in [3.63, 3.8) is 0 Å². The Bertz CT molecular complexity index is 323. The van der Waals surface area contributed by atoms with Crippen LogP contribution in [0, 0.1) is 5.92 Å². The third-order valence-corrected chi connectivity index (χ3v) is 3.62. The van der Waals surface area contributed by atoms with Gasteiger partial charge in [0.05, 0.1) is 0 Å². The molecule has 112 valence electrons. The summed E-state index contributed by atoms with van der Waals surface area (Å²) in [6.07, 6.45) is 3.05. The highest BCUT2D eigenvalue weighted by Gasteiger charge is 2.13. The molecule has 3 atom stereocenters. The number of amides is 2. The summed E-state index contributed by atoms with van der Waals surface area (Å²) in [6.45, 7) is 4.09. The molecule has 0 aliphatic heterocycles. The van der Waals surface area contributed by atoms with Gasteiger partial charge in [-0.1, -0.05) is 13.3 Å². The van der Waals surface area contributed by atoms with Crippen molar-refractivity contribution in [2.24, 2.45) is 5.92 Å². The normalized spacial score (nSPS) is 15.3. The molecule has 6 nitrogen and oxygen atoms in total. The number of carboxylic acid groups (broad SMARTS) is 1. The van der Waals surface area contributed by atoms with E-state index in [1.165, 1.54) is 0 Å². The van der Waals surface area contributed by atoms with Gasteiger partial charge in [0.25, 0.3) is 0 Å². The molecule has 0 aromatic heterocycles. The average Bonchev–Trinajstić information content (AvgIpc) is 2.31. The van der Waals surface area contributed by atoms with Crippen molar-refractivity contribution in [1.82, 2.24) is 10.6 Å². The SMILES string of the molecule is CCC(CNC(=O)NC(C)CCS(C)=O)CC(=O)O. The summed E-state index contributed by atoms with van der Waals surface area (Å²) in [6, 6.07) is -0.360. The summed E-state index contributed by atoms with van der Waals surface area (Å²) in [7, 11) is -0.857. The van der Waals surface area contributed by atoms with Crippen molar-refractivity contribution in [3.05, 3.63) is 0 Å². The van der Waals surface area contributed by atoms with E-state index >= 15 is 0 Å². The van der Waals surface area contributed by atoms with Crippen LogP contribution in [-0.2, 0) is 15.6 Å². The standard InChI is InChI=1S/C12H24N2O4S/c1-4-10(7-11(15)16)8-13-12(17)14-9(2)5-6-19(3)18/h9-10H,4-8H2,1-3H3,(H,15,16)(H2,13,14,17). The molecule has 0 aliphatic rings. The first-order chi connectivity index (χ1) is 8.85. The first-order valence-electron chi connectivity index (χ1n) is 6.41. The van der Waals surface area contributed by atoms with Crippen LogP contribution in [0.15, 0.2) is 0 Å². The Morgan fingerprint density at radius 2 is 2.00 bits per heavy atom. The number of hydrogen-bond acceptors (Lipinski definition) is 3. The van der Waals surface area contributed by atoms with E-state index in [0.717, 1.165) is 0 Å². The van der Waals surface area contributed by atoms with Crippen LogP contribution in [-0.4, -0.2) is 45.9 Å². The zero-order valence-electron chi connectivity index (χ0n) is 11.8. The zero-order valence-corrected chi connectivity index (χ0v) is 12.6. The molecule has 0 saturated heterocycles. The Kier molecular flexibility index (Phi) is 9.20. The molecule has 0 radical (unpaired) electrons. The summed E-state index contributed by atoms with van der Waals surface area (Å²) < 4.78 is 10.9. The molecule has 7 heteroatoms. The van der Waals surface area contributed by atoms with Crippen LogP contribution in [0.5, 0.6) is 0 Å². The molecule has 0 spiro atoms. The smallest absolute Gasteiger partial charge is 0.315 e. The number of carboxylic acids is 1. The minimum absolute atomic E-state index is 0.0524. The lowest BCUT2D eigenvalue weighted by Crippen LogP contribution is -2.43. The van der Waals surface area contributed by atoms with Crippen molar-refractivity contribution in [2.75, 3.05) is 18.6 Å². The molecular weight excluding hydrogens is 268 g/mol. The molecule has 0 rings (SSSR count).